The maximum Gasteiger partial charge on any atom is 0.417 e. The van der Waals surface area contributed by atoms with Gasteiger partial charge in [-0.2, -0.15) is 28.1 Å². The minimum Gasteiger partial charge on any atom is -0.480 e. The van der Waals surface area contributed by atoms with Gasteiger partial charge in [0.1, 0.15) is 11.9 Å². The molecule has 1 aromatic carbocycles. The van der Waals surface area contributed by atoms with Crippen LogP contribution in [0, 0.1) is 6.92 Å². The second kappa shape index (κ2) is 8.14. The van der Waals surface area contributed by atoms with Crippen LogP contribution in [0.1, 0.15) is 17.7 Å². The minimum absolute atomic E-state index is 0.252. The summed E-state index contributed by atoms with van der Waals surface area (Å²) in [5.74, 6) is -0.776. The van der Waals surface area contributed by atoms with E-state index in [0.717, 1.165) is 12.1 Å². The van der Waals surface area contributed by atoms with Crippen molar-refractivity contribution >= 4 is 21.6 Å². The molecule has 0 bridgehead atoms. The van der Waals surface area contributed by atoms with Crippen LogP contribution >= 0.6 is 0 Å². The number of rotatable bonds is 5. The summed E-state index contributed by atoms with van der Waals surface area (Å²) in [5.41, 5.74) is -0.774. The summed E-state index contributed by atoms with van der Waals surface area (Å²) in [7, 11) is -4.51. The third-order valence-corrected chi connectivity index (χ3v) is 7.56. The van der Waals surface area contributed by atoms with Crippen LogP contribution in [0.5, 0.6) is 0 Å². The van der Waals surface area contributed by atoms with E-state index in [9.17, 15) is 31.5 Å². The number of carboxylic acids is 1. The van der Waals surface area contributed by atoms with Crippen molar-refractivity contribution in [3.05, 3.63) is 59.9 Å². The Morgan fingerprint density at radius 2 is 1.91 bits per heavy atom. The minimum atomic E-state index is -4.88. The van der Waals surface area contributed by atoms with Crippen molar-refractivity contribution in [2.24, 2.45) is 0 Å². The van der Waals surface area contributed by atoms with Gasteiger partial charge < -0.3 is 10.0 Å². The molecule has 0 spiro atoms. The predicted octanol–water partition coefficient (Wildman–Crippen LogP) is 2.50. The number of nitrogens with zero attached hydrogens (tertiary/aromatic N) is 5. The van der Waals surface area contributed by atoms with Crippen molar-refractivity contribution in [2.75, 3.05) is 11.4 Å². The van der Waals surface area contributed by atoms with Gasteiger partial charge in [0.05, 0.1) is 21.4 Å². The number of aryl methyl sites for hydroxylation is 1. The van der Waals surface area contributed by atoms with Crippen molar-refractivity contribution in [1.29, 1.82) is 0 Å². The lowest BCUT2D eigenvalue weighted by molar-refractivity contribution is -0.140. The van der Waals surface area contributed by atoms with Crippen LogP contribution in [0.2, 0.25) is 0 Å². The van der Waals surface area contributed by atoms with Crippen molar-refractivity contribution in [2.45, 2.75) is 35.7 Å². The zero-order valence-corrected chi connectivity index (χ0v) is 18.0. The molecule has 3 heterocycles. The topological polar surface area (TPSA) is 118 Å². The van der Waals surface area contributed by atoms with E-state index in [-0.39, 0.29) is 18.2 Å². The van der Waals surface area contributed by atoms with Gasteiger partial charge in [0.25, 0.3) is 0 Å². The first kappa shape index (κ1) is 22.7. The molecule has 1 N–H and O–H groups in total. The van der Waals surface area contributed by atoms with Crippen LogP contribution < -0.4 is 4.90 Å². The second-order valence-electron chi connectivity index (χ2n) is 7.54. The first-order chi connectivity index (χ1) is 15.5. The fourth-order valence-electron chi connectivity index (χ4n) is 3.90. The number of hydrogen-bond acceptors (Lipinski definition) is 7. The van der Waals surface area contributed by atoms with E-state index in [1.165, 1.54) is 21.8 Å². The van der Waals surface area contributed by atoms with Crippen molar-refractivity contribution in [3.63, 3.8) is 0 Å². The first-order valence-corrected chi connectivity index (χ1v) is 11.3. The standard InChI is InChI=1S/C20H18F3N5O4S/c1-12-9-18(28(26-12)17-7-4-8-24-25-17)27-11-13(10-15(27)19(29)30)33(31,32)16-6-3-2-5-14(16)20(21,22)23/h2-9,13,15H,10-11H2,1H3,(H,29,30)/t13-,15+/m1/s1. The molecule has 174 valence electrons. The number of sulfone groups is 1. The van der Waals surface area contributed by atoms with Crippen LogP contribution in [0.25, 0.3) is 5.82 Å². The predicted molar refractivity (Wildman–Crippen MR) is 110 cm³/mol. The summed E-state index contributed by atoms with van der Waals surface area (Å²) in [6.07, 6.45) is -3.83. The van der Waals surface area contributed by atoms with Crippen LogP contribution in [0.4, 0.5) is 19.0 Å². The number of aliphatic carboxylic acids is 1. The molecule has 3 aromatic rings. The Kier molecular flexibility index (Phi) is 5.60. The van der Waals surface area contributed by atoms with Gasteiger partial charge in [-0.25, -0.2) is 13.2 Å². The molecule has 0 saturated carbocycles. The zero-order valence-electron chi connectivity index (χ0n) is 17.1. The molecule has 9 nitrogen and oxygen atoms in total. The highest BCUT2D eigenvalue weighted by atomic mass is 32.2. The number of benzene rings is 1. The monoisotopic (exact) mass is 481 g/mol. The Balaban J connectivity index is 1.77. The molecular formula is C20H18F3N5O4S. The third kappa shape index (κ3) is 4.15. The number of hydrogen-bond donors (Lipinski definition) is 1. The van der Waals surface area contributed by atoms with Gasteiger partial charge in [-0.3, -0.25) is 0 Å². The van der Waals surface area contributed by atoms with E-state index in [1.54, 1.807) is 25.1 Å². The molecule has 0 amide bonds. The largest absolute Gasteiger partial charge is 0.480 e. The van der Waals surface area contributed by atoms with E-state index < -0.39 is 50.2 Å². The van der Waals surface area contributed by atoms with Gasteiger partial charge >= 0.3 is 12.1 Å². The molecule has 33 heavy (non-hydrogen) atoms. The molecule has 2 atom stereocenters. The third-order valence-electron chi connectivity index (χ3n) is 5.37. The average molecular weight is 481 g/mol. The van der Waals surface area contributed by atoms with Crippen LogP contribution in [0.3, 0.4) is 0 Å². The quantitative estimate of drug-likeness (QED) is 0.591. The summed E-state index contributed by atoms with van der Waals surface area (Å²) < 4.78 is 68.2. The Hall–Kier alpha value is -3.48. The molecule has 1 fully saturated rings. The average Bonchev–Trinajstić information content (AvgIpc) is 3.38. The molecule has 0 unspecified atom stereocenters. The Morgan fingerprint density at radius 1 is 1.18 bits per heavy atom. The van der Waals surface area contributed by atoms with Gasteiger partial charge in [-0.1, -0.05) is 12.1 Å². The van der Waals surface area contributed by atoms with Crippen LogP contribution in [-0.2, 0) is 20.8 Å². The molecule has 1 saturated heterocycles. The van der Waals surface area contributed by atoms with Gasteiger partial charge in [0, 0.05) is 18.8 Å². The van der Waals surface area contributed by atoms with E-state index in [2.05, 4.69) is 15.3 Å². The lowest BCUT2D eigenvalue weighted by Crippen LogP contribution is -2.37. The summed E-state index contributed by atoms with van der Waals surface area (Å²) in [4.78, 5) is 12.4. The Labute approximate surface area is 186 Å². The summed E-state index contributed by atoms with van der Waals surface area (Å²) >= 11 is 0. The number of aromatic nitrogens is 4. The normalized spacial score (nSPS) is 19.1. The maximum atomic E-state index is 13.5. The molecular weight excluding hydrogens is 463 g/mol. The lowest BCUT2D eigenvalue weighted by atomic mass is 10.2. The zero-order chi connectivity index (χ0) is 24.0. The maximum absolute atomic E-state index is 13.5. The molecule has 0 radical (unpaired) electrons. The molecule has 13 heteroatoms. The molecule has 4 rings (SSSR count). The Bertz CT molecular complexity index is 1290. The van der Waals surface area contributed by atoms with E-state index in [0.29, 0.717) is 11.8 Å². The summed E-state index contributed by atoms with van der Waals surface area (Å²) in [5, 5.41) is 20.4. The molecule has 2 aromatic heterocycles. The van der Waals surface area contributed by atoms with E-state index >= 15 is 0 Å². The van der Waals surface area contributed by atoms with Gasteiger partial charge in [0.15, 0.2) is 15.7 Å². The molecule has 1 aliphatic heterocycles. The van der Waals surface area contributed by atoms with Gasteiger partial charge in [0.2, 0.25) is 0 Å². The number of carbonyl (C=O) groups is 1. The highest BCUT2D eigenvalue weighted by Crippen LogP contribution is 2.38. The number of carboxylic acid groups (broad SMARTS) is 1. The first-order valence-electron chi connectivity index (χ1n) is 9.74. The smallest absolute Gasteiger partial charge is 0.417 e. The summed E-state index contributed by atoms with van der Waals surface area (Å²) in [6.45, 7) is 1.33. The molecule has 0 aliphatic carbocycles. The van der Waals surface area contributed by atoms with Gasteiger partial charge in [-0.15, -0.1) is 5.10 Å². The SMILES string of the molecule is Cc1cc(N2C[C@H](S(=O)(=O)c3ccccc3C(F)(F)F)C[C@H]2C(=O)O)n(-c2cccnn2)n1. The Morgan fingerprint density at radius 3 is 2.55 bits per heavy atom. The highest BCUT2D eigenvalue weighted by Gasteiger charge is 2.47. The number of anilines is 1. The van der Waals surface area contributed by atoms with Crippen molar-refractivity contribution < 1.29 is 31.5 Å². The number of halogens is 3. The van der Waals surface area contributed by atoms with E-state index in [1.807, 2.05) is 0 Å². The van der Waals surface area contributed by atoms with Crippen molar-refractivity contribution in [3.8, 4) is 5.82 Å². The van der Waals surface area contributed by atoms with Gasteiger partial charge in [-0.05, 0) is 37.6 Å². The van der Waals surface area contributed by atoms with Crippen LogP contribution in [-0.4, -0.2) is 57.3 Å². The van der Waals surface area contributed by atoms with Crippen molar-refractivity contribution in [1.82, 2.24) is 20.0 Å². The number of alkyl halides is 3. The van der Waals surface area contributed by atoms with Crippen LogP contribution in [0.15, 0.2) is 53.6 Å². The highest BCUT2D eigenvalue weighted by molar-refractivity contribution is 7.92. The fourth-order valence-corrected chi connectivity index (χ4v) is 5.81. The second-order valence-corrected chi connectivity index (χ2v) is 9.74. The van der Waals surface area contributed by atoms with E-state index in [4.69, 9.17) is 0 Å². The lowest BCUT2D eigenvalue weighted by Gasteiger charge is -2.23. The fraction of sp³-hybridized carbons (Fsp3) is 0.300. The molecule has 1 aliphatic rings. The summed E-state index contributed by atoms with van der Waals surface area (Å²) in [6, 6.07) is 7.34.